The molecule has 6 nitrogen and oxygen atoms in total. The number of aliphatic hydroxyl groups excluding tert-OH is 1. The monoisotopic (exact) mass is 535 g/mol. The number of carbonyl (C=O) groups is 2. The molecule has 1 saturated heterocycles. The summed E-state index contributed by atoms with van der Waals surface area (Å²) in [6, 6.07) is 11.9. The highest BCUT2D eigenvalue weighted by Crippen LogP contribution is 2.45. The molecule has 1 amide bonds. The minimum absolute atomic E-state index is 0.0213. The molecular formula is C25H17Cl3FNO5. The first-order chi connectivity index (χ1) is 16.7. The van der Waals surface area contributed by atoms with Crippen molar-refractivity contribution >= 4 is 57.9 Å². The molecule has 1 aliphatic heterocycles. The number of ketones is 1. The van der Waals surface area contributed by atoms with Crippen molar-refractivity contribution in [3.63, 3.8) is 0 Å². The van der Waals surface area contributed by atoms with Crippen LogP contribution in [0, 0.1) is 5.82 Å². The van der Waals surface area contributed by atoms with Crippen molar-refractivity contribution in [3.05, 3.63) is 92.2 Å². The van der Waals surface area contributed by atoms with Crippen molar-refractivity contribution in [2.75, 3.05) is 19.1 Å². The Kier molecular flexibility index (Phi) is 6.94. The molecule has 1 aliphatic rings. The van der Waals surface area contributed by atoms with Gasteiger partial charge in [-0.2, -0.15) is 0 Å². The fourth-order valence-electron chi connectivity index (χ4n) is 3.95. The quantitative estimate of drug-likeness (QED) is 0.231. The molecule has 180 valence electrons. The van der Waals surface area contributed by atoms with E-state index < -0.39 is 29.3 Å². The van der Waals surface area contributed by atoms with Crippen molar-refractivity contribution in [1.82, 2.24) is 0 Å². The van der Waals surface area contributed by atoms with Crippen molar-refractivity contribution in [2.45, 2.75) is 6.04 Å². The van der Waals surface area contributed by atoms with Gasteiger partial charge in [0.15, 0.2) is 0 Å². The minimum atomic E-state index is -1.12. The molecule has 3 aromatic carbocycles. The number of hydrogen-bond donors (Lipinski definition) is 1. The highest BCUT2D eigenvalue weighted by Gasteiger charge is 2.47. The van der Waals surface area contributed by atoms with Gasteiger partial charge in [-0.05, 0) is 48.0 Å². The number of anilines is 1. The molecule has 3 aromatic rings. The number of carbonyl (C=O) groups excluding carboxylic acids is 2. The first-order valence-corrected chi connectivity index (χ1v) is 11.2. The van der Waals surface area contributed by atoms with Crippen LogP contribution in [0.1, 0.15) is 17.2 Å². The second kappa shape index (κ2) is 9.77. The fourth-order valence-corrected chi connectivity index (χ4v) is 4.69. The summed E-state index contributed by atoms with van der Waals surface area (Å²) in [5.41, 5.74) is 0.368. The fraction of sp³-hybridized carbons (Fsp3) is 0.120. The molecule has 0 radical (unpaired) electrons. The van der Waals surface area contributed by atoms with E-state index in [2.05, 4.69) is 0 Å². The van der Waals surface area contributed by atoms with Crippen LogP contribution >= 0.6 is 34.8 Å². The molecule has 1 atom stereocenters. The lowest BCUT2D eigenvalue weighted by atomic mass is 9.94. The van der Waals surface area contributed by atoms with Crippen molar-refractivity contribution in [1.29, 1.82) is 0 Å². The third-order valence-corrected chi connectivity index (χ3v) is 6.29. The normalized spacial score (nSPS) is 17.1. The number of amides is 1. The molecule has 1 heterocycles. The van der Waals surface area contributed by atoms with Crippen LogP contribution in [-0.4, -0.2) is 31.0 Å². The number of benzene rings is 3. The van der Waals surface area contributed by atoms with Crippen molar-refractivity contribution < 1.29 is 28.6 Å². The summed E-state index contributed by atoms with van der Waals surface area (Å²) in [6.07, 6.45) is 0. The van der Waals surface area contributed by atoms with Gasteiger partial charge in [0, 0.05) is 10.7 Å². The Morgan fingerprint density at radius 3 is 2.37 bits per heavy atom. The Bertz CT molecular complexity index is 1390. The third-order valence-electron chi connectivity index (χ3n) is 5.50. The molecule has 0 saturated carbocycles. The average Bonchev–Trinajstić information content (AvgIpc) is 3.10. The van der Waals surface area contributed by atoms with E-state index in [-0.39, 0.29) is 37.6 Å². The van der Waals surface area contributed by atoms with Gasteiger partial charge in [-0.25, -0.2) is 4.39 Å². The van der Waals surface area contributed by atoms with Crippen LogP contribution in [0.2, 0.25) is 15.1 Å². The summed E-state index contributed by atoms with van der Waals surface area (Å²) in [5, 5.41) is 11.4. The number of aliphatic hydroxyl groups is 1. The van der Waals surface area contributed by atoms with Crippen LogP contribution in [0.5, 0.6) is 11.5 Å². The van der Waals surface area contributed by atoms with Gasteiger partial charge in [-0.15, -0.1) is 0 Å². The Balaban J connectivity index is 2.03. The van der Waals surface area contributed by atoms with E-state index in [1.54, 1.807) is 24.3 Å². The molecule has 0 aromatic heterocycles. The number of ether oxygens (including phenoxy) is 2. The van der Waals surface area contributed by atoms with Gasteiger partial charge < -0.3 is 14.6 Å². The summed E-state index contributed by atoms with van der Waals surface area (Å²) in [5.74, 6) is -2.65. The Morgan fingerprint density at radius 2 is 1.71 bits per heavy atom. The Morgan fingerprint density at radius 1 is 0.971 bits per heavy atom. The van der Waals surface area contributed by atoms with Crippen LogP contribution in [0.25, 0.3) is 5.76 Å². The van der Waals surface area contributed by atoms with E-state index in [9.17, 15) is 19.1 Å². The van der Waals surface area contributed by atoms with E-state index in [0.717, 1.165) is 11.0 Å². The van der Waals surface area contributed by atoms with Gasteiger partial charge in [-0.1, -0.05) is 46.9 Å². The molecule has 0 aliphatic carbocycles. The standard InChI is InChI=1S/C25H17Cl3FNO5/c1-34-15-5-3-4-12(8-15)21-20(22(31)16-9-13(26)10-18(28)24(16)35-2)23(32)25(33)30(21)14-6-7-19(29)17(27)11-14/h3-11,21,31H,1-2H3/b22-20+. The maximum absolute atomic E-state index is 13.9. The summed E-state index contributed by atoms with van der Waals surface area (Å²) >= 11 is 18.3. The molecular weight excluding hydrogens is 520 g/mol. The lowest BCUT2D eigenvalue weighted by molar-refractivity contribution is -0.132. The molecule has 10 heteroatoms. The SMILES string of the molecule is COc1cccc(C2/C(=C(\O)c3cc(Cl)cc(Cl)c3OC)C(=O)C(=O)N2c2ccc(F)c(Cl)c2)c1. The summed E-state index contributed by atoms with van der Waals surface area (Å²) in [4.78, 5) is 27.7. The van der Waals surface area contributed by atoms with Crippen molar-refractivity contribution in [3.8, 4) is 11.5 Å². The number of methoxy groups -OCH3 is 2. The maximum atomic E-state index is 13.9. The highest BCUT2D eigenvalue weighted by atomic mass is 35.5. The van der Waals surface area contributed by atoms with Crippen molar-refractivity contribution in [2.24, 2.45) is 0 Å². The van der Waals surface area contributed by atoms with E-state index in [0.29, 0.717) is 11.3 Å². The zero-order valence-corrected chi connectivity index (χ0v) is 20.6. The number of halogens is 4. The number of Topliss-reactive ketones (excluding diaryl/α,β-unsaturated/α-hetero) is 1. The van der Waals surface area contributed by atoms with Crippen LogP contribution in [-0.2, 0) is 9.59 Å². The predicted octanol–water partition coefficient (Wildman–Crippen LogP) is 6.43. The van der Waals surface area contributed by atoms with Gasteiger partial charge in [0.05, 0.1) is 41.4 Å². The van der Waals surface area contributed by atoms with Gasteiger partial charge >= 0.3 is 0 Å². The number of hydrogen-bond acceptors (Lipinski definition) is 5. The van der Waals surface area contributed by atoms with Crippen LogP contribution in [0.4, 0.5) is 10.1 Å². The van der Waals surface area contributed by atoms with E-state index >= 15 is 0 Å². The average molecular weight is 537 g/mol. The van der Waals surface area contributed by atoms with Gasteiger partial charge in [0.2, 0.25) is 0 Å². The van der Waals surface area contributed by atoms with Gasteiger partial charge in [-0.3, -0.25) is 14.5 Å². The first kappa shape index (κ1) is 24.9. The second-order valence-corrected chi connectivity index (χ2v) is 8.76. The van der Waals surface area contributed by atoms with Gasteiger partial charge in [0.25, 0.3) is 11.7 Å². The van der Waals surface area contributed by atoms with E-state index in [1.807, 2.05) is 0 Å². The lowest BCUT2D eigenvalue weighted by Gasteiger charge is -2.26. The molecule has 35 heavy (non-hydrogen) atoms. The topological polar surface area (TPSA) is 76.1 Å². The largest absolute Gasteiger partial charge is 0.507 e. The lowest BCUT2D eigenvalue weighted by Crippen LogP contribution is -2.29. The Labute approximate surface area is 215 Å². The number of nitrogens with zero attached hydrogens (tertiary/aromatic N) is 1. The molecule has 1 fully saturated rings. The molecule has 0 bridgehead atoms. The molecule has 4 rings (SSSR count). The third kappa shape index (κ3) is 4.43. The summed E-state index contributed by atoms with van der Waals surface area (Å²) in [7, 11) is 2.80. The first-order valence-electron chi connectivity index (χ1n) is 10.1. The van der Waals surface area contributed by atoms with Crippen LogP contribution in [0.3, 0.4) is 0 Å². The Hall–Kier alpha value is -3.26. The molecule has 1 unspecified atom stereocenters. The zero-order valence-electron chi connectivity index (χ0n) is 18.3. The summed E-state index contributed by atoms with van der Waals surface area (Å²) < 4.78 is 24.5. The molecule has 0 spiro atoms. The molecule has 1 N–H and O–H groups in total. The van der Waals surface area contributed by atoms with E-state index in [4.69, 9.17) is 44.3 Å². The predicted molar refractivity (Wildman–Crippen MR) is 132 cm³/mol. The minimum Gasteiger partial charge on any atom is -0.507 e. The van der Waals surface area contributed by atoms with Crippen LogP contribution < -0.4 is 14.4 Å². The number of rotatable bonds is 5. The highest BCUT2D eigenvalue weighted by molar-refractivity contribution is 6.52. The second-order valence-electron chi connectivity index (χ2n) is 7.51. The maximum Gasteiger partial charge on any atom is 0.300 e. The van der Waals surface area contributed by atoms with E-state index in [1.165, 1.54) is 38.5 Å². The van der Waals surface area contributed by atoms with Gasteiger partial charge in [0.1, 0.15) is 23.1 Å². The zero-order chi connectivity index (χ0) is 25.4. The summed E-state index contributed by atoms with van der Waals surface area (Å²) in [6.45, 7) is 0. The smallest absolute Gasteiger partial charge is 0.300 e. The van der Waals surface area contributed by atoms with Crippen LogP contribution in [0.15, 0.2) is 60.2 Å².